The van der Waals surface area contributed by atoms with Gasteiger partial charge in [-0.3, -0.25) is 0 Å². The van der Waals surface area contributed by atoms with Crippen LogP contribution >= 0.6 is 0 Å². The van der Waals surface area contributed by atoms with Crippen molar-refractivity contribution in [3.63, 3.8) is 0 Å². The minimum absolute atomic E-state index is 0.202. The van der Waals surface area contributed by atoms with Crippen molar-refractivity contribution in [2.24, 2.45) is 0 Å². The van der Waals surface area contributed by atoms with Crippen LogP contribution in [0.1, 0.15) is 27.7 Å². The number of hydrogen-bond acceptors (Lipinski definition) is 8. The van der Waals surface area contributed by atoms with E-state index in [4.69, 9.17) is 23.7 Å². The Morgan fingerprint density at radius 1 is 1.14 bits per heavy atom. The number of fused-ring (bicyclic) bond motifs is 1. The molecule has 0 amide bonds. The van der Waals surface area contributed by atoms with Gasteiger partial charge < -0.3 is 39.0 Å². The molecular formula is C14H24O8. The fourth-order valence-corrected chi connectivity index (χ4v) is 3.37. The van der Waals surface area contributed by atoms with Crippen molar-refractivity contribution in [1.29, 1.82) is 0 Å². The zero-order valence-corrected chi connectivity index (χ0v) is 13.2. The molecule has 0 unspecified atom stereocenters. The maximum Gasteiger partial charge on any atom is 0.189 e. The molecule has 3 aliphatic heterocycles. The third-order valence-corrected chi connectivity index (χ3v) is 4.33. The maximum absolute atomic E-state index is 10.6. The number of ether oxygens (including phenoxy) is 5. The summed E-state index contributed by atoms with van der Waals surface area (Å²) in [6.07, 6.45) is -4.82. The molecule has 0 saturated carbocycles. The number of rotatable bonds is 3. The molecule has 128 valence electrons. The predicted octanol–water partition coefficient (Wildman–Crippen LogP) is -0.901. The lowest BCUT2D eigenvalue weighted by Crippen LogP contribution is -2.52. The van der Waals surface area contributed by atoms with Gasteiger partial charge in [-0.05, 0) is 27.7 Å². The second-order valence-corrected chi connectivity index (χ2v) is 6.96. The fraction of sp³-hybridized carbons (Fsp3) is 1.00. The molecule has 3 N–H and O–H groups in total. The highest BCUT2D eigenvalue weighted by molar-refractivity contribution is 5.09. The van der Waals surface area contributed by atoms with Crippen LogP contribution in [0.4, 0.5) is 0 Å². The van der Waals surface area contributed by atoms with E-state index in [1.165, 1.54) is 0 Å². The van der Waals surface area contributed by atoms with Gasteiger partial charge in [0, 0.05) is 0 Å². The van der Waals surface area contributed by atoms with Crippen LogP contribution in [0.15, 0.2) is 0 Å². The lowest BCUT2D eigenvalue weighted by Gasteiger charge is -2.28. The van der Waals surface area contributed by atoms with E-state index in [9.17, 15) is 15.3 Å². The molecule has 22 heavy (non-hydrogen) atoms. The van der Waals surface area contributed by atoms with Crippen molar-refractivity contribution in [2.75, 3.05) is 13.2 Å². The van der Waals surface area contributed by atoms with E-state index in [0.717, 1.165) is 0 Å². The van der Waals surface area contributed by atoms with Gasteiger partial charge in [-0.25, -0.2) is 0 Å². The molecule has 0 radical (unpaired) electrons. The van der Waals surface area contributed by atoms with Crippen molar-refractivity contribution in [3.05, 3.63) is 0 Å². The Kier molecular flexibility index (Phi) is 3.82. The third-order valence-electron chi connectivity index (χ3n) is 4.33. The van der Waals surface area contributed by atoms with E-state index in [1.54, 1.807) is 27.7 Å². The first-order chi connectivity index (χ1) is 10.1. The van der Waals surface area contributed by atoms with E-state index in [0.29, 0.717) is 0 Å². The first-order valence-electron chi connectivity index (χ1n) is 7.42. The summed E-state index contributed by atoms with van der Waals surface area (Å²) in [4.78, 5) is 0. The molecule has 0 aliphatic carbocycles. The van der Waals surface area contributed by atoms with Crippen molar-refractivity contribution in [3.8, 4) is 0 Å². The highest BCUT2D eigenvalue weighted by atomic mass is 16.8. The average Bonchev–Trinajstić information content (AvgIpc) is 2.99. The first kappa shape index (κ1) is 16.5. The summed E-state index contributed by atoms with van der Waals surface area (Å²) in [5, 5.41) is 30.4. The van der Waals surface area contributed by atoms with Gasteiger partial charge in [0.15, 0.2) is 23.5 Å². The molecule has 0 aromatic heterocycles. The summed E-state index contributed by atoms with van der Waals surface area (Å²) in [6, 6.07) is 0. The van der Waals surface area contributed by atoms with Crippen molar-refractivity contribution in [1.82, 2.24) is 0 Å². The van der Waals surface area contributed by atoms with Gasteiger partial charge in [0.2, 0.25) is 0 Å². The van der Waals surface area contributed by atoms with E-state index >= 15 is 0 Å². The van der Waals surface area contributed by atoms with Gasteiger partial charge in [-0.15, -0.1) is 0 Å². The van der Waals surface area contributed by atoms with Gasteiger partial charge in [-0.2, -0.15) is 0 Å². The Labute approximate surface area is 128 Å². The maximum atomic E-state index is 10.6. The zero-order chi connectivity index (χ0) is 16.3. The van der Waals surface area contributed by atoms with Crippen LogP contribution in [0.5, 0.6) is 0 Å². The standard InChI is InChI=1S/C14H24O8/c1-12(2)18-5-7(20-12)8(16)9-10-14(6-15,11(17)19-9)22-13(3,4)21-10/h7-11,15-17H,5-6H2,1-4H3/t7-,8-,9+,10-,11+,14-/m1/s1. The Bertz CT molecular complexity index is 439. The topological polar surface area (TPSA) is 107 Å². The fourth-order valence-electron chi connectivity index (χ4n) is 3.37. The molecule has 0 spiro atoms. The van der Waals surface area contributed by atoms with Gasteiger partial charge >= 0.3 is 0 Å². The molecular weight excluding hydrogens is 296 g/mol. The number of aliphatic hydroxyl groups is 3. The molecule has 8 heteroatoms. The molecule has 0 aromatic carbocycles. The van der Waals surface area contributed by atoms with Crippen LogP contribution in [0.2, 0.25) is 0 Å². The highest BCUT2D eigenvalue weighted by Crippen LogP contribution is 2.47. The van der Waals surface area contributed by atoms with Crippen molar-refractivity contribution < 1.29 is 39.0 Å². The summed E-state index contributed by atoms with van der Waals surface area (Å²) < 4.78 is 27.9. The summed E-state index contributed by atoms with van der Waals surface area (Å²) in [5.41, 5.74) is -1.41. The Morgan fingerprint density at radius 2 is 1.82 bits per heavy atom. The zero-order valence-electron chi connectivity index (χ0n) is 13.2. The normalized spacial score (nSPS) is 47.6. The van der Waals surface area contributed by atoms with Crippen LogP contribution in [-0.2, 0) is 23.7 Å². The van der Waals surface area contributed by atoms with E-state index in [2.05, 4.69) is 0 Å². The first-order valence-corrected chi connectivity index (χ1v) is 7.42. The monoisotopic (exact) mass is 320 g/mol. The summed E-state index contributed by atoms with van der Waals surface area (Å²) in [7, 11) is 0. The molecule has 3 rings (SSSR count). The smallest absolute Gasteiger partial charge is 0.189 e. The number of aliphatic hydroxyl groups excluding tert-OH is 3. The summed E-state index contributed by atoms with van der Waals surface area (Å²) >= 11 is 0. The SMILES string of the molecule is CC1(C)OC[C@H]([C@@H](O)[C@@H]2O[C@H](O)[C@]3(CO)OC(C)(C)O[C@H]23)O1. The minimum Gasteiger partial charge on any atom is -0.393 e. The lowest BCUT2D eigenvalue weighted by atomic mass is 9.92. The van der Waals surface area contributed by atoms with Crippen molar-refractivity contribution in [2.45, 2.75) is 75.6 Å². The second-order valence-electron chi connectivity index (χ2n) is 6.96. The van der Waals surface area contributed by atoms with Gasteiger partial charge in [0.25, 0.3) is 0 Å². The molecule has 0 aromatic rings. The Balaban J connectivity index is 1.81. The van der Waals surface area contributed by atoms with E-state index in [1.807, 2.05) is 0 Å². The second kappa shape index (κ2) is 5.09. The molecule has 6 atom stereocenters. The molecule has 3 heterocycles. The number of hydrogen-bond donors (Lipinski definition) is 3. The van der Waals surface area contributed by atoms with Crippen LogP contribution in [0, 0.1) is 0 Å². The third kappa shape index (κ3) is 2.47. The van der Waals surface area contributed by atoms with Crippen LogP contribution < -0.4 is 0 Å². The molecule has 0 bridgehead atoms. The Morgan fingerprint density at radius 3 is 2.36 bits per heavy atom. The molecule has 3 aliphatic rings. The lowest BCUT2D eigenvalue weighted by molar-refractivity contribution is -0.262. The molecule has 3 saturated heterocycles. The van der Waals surface area contributed by atoms with Crippen LogP contribution in [0.3, 0.4) is 0 Å². The Hall–Kier alpha value is -0.320. The molecule has 8 nitrogen and oxygen atoms in total. The molecule has 3 fully saturated rings. The van der Waals surface area contributed by atoms with Crippen LogP contribution in [0.25, 0.3) is 0 Å². The average molecular weight is 320 g/mol. The summed E-state index contributed by atoms with van der Waals surface area (Å²) in [5.74, 6) is -1.79. The van der Waals surface area contributed by atoms with Crippen molar-refractivity contribution >= 4 is 0 Å². The van der Waals surface area contributed by atoms with Gasteiger partial charge in [0.1, 0.15) is 24.4 Å². The largest absolute Gasteiger partial charge is 0.393 e. The summed E-state index contributed by atoms with van der Waals surface area (Å²) in [6.45, 7) is 6.57. The predicted molar refractivity (Wildman–Crippen MR) is 71.6 cm³/mol. The van der Waals surface area contributed by atoms with E-state index in [-0.39, 0.29) is 6.61 Å². The van der Waals surface area contributed by atoms with Gasteiger partial charge in [0.05, 0.1) is 13.2 Å². The highest BCUT2D eigenvalue weighted by Gasteiger charge is 2.67. The quantitative estimate of drug-likeness (QED) is 0.614. The van der Waals surface area contributed by atoms with Gasteiger partial charge in [-0.1, -0.05) is 0 Å². The van der Waals surface area contributed by atoms with Crippen LogP contribution in [-0.4, -0.2) is 76.4 Å². The van der Waals surface area contributed by atoms with E-state index < -0.39 is 54.5 Å². The minimum atomic E-state index is -1.41.